The minimum absolute atomic E-state index is 0.0255. The average molecular weight is 551 g/mol. The van der Waals surface area contributed by atoms with Gasteiger partial charge in [0.2, 0.25) is 5.95 Å². The number of rotatable bonds is 5. The molecule has 40 heavy (non-hydrogen) atoms. The average Bonchev–Trinajstić information content (AvgIpc) is 3.30. The summed E-state index contributed by atoms with van der Waals surface area (Å²) in [5.74, 6) is -0.454. The molecule has 1 fully saturated rings. The molecule has 0 radical (unpaired) electrons. The van der Waals surface area contributed by atoms with Gasteiger partial charge in [-0.2, -0.15) is 0 Å². The van der Waals surface area contributed by atoms with Gasteiger partial charge >= 0.3 is 6.09 Å². The predicted molar refractivity (Wildman–Crippen MR) is 143 cm³/mol. The number of ether oxygens (including phenoxy) is 1. The number of hydrogen-bond donors (Lipinski definition) is 1. The first-order valence-electron chi connectivity index (χ1n) is 12.7. The maximum absolute atomic E-state index is 15.0. The molecule has 4 aromatic rings. The summed E-state index contributed by atoms with van der Waals surface area (Å²) >= 11 is 0. The molecule has 1 aliphatic rings. The first-order valence-corrected chi connectivity index (χ1v) is 12.7. The number of hydrogen-bond acceptors (Lipinski definition) is 8. The maximum Gasteiger partial charge on any atom is 0.409 e. The number of benzene rings is 1. The highest BCUT2D eigenvalue weighted by atomic mass is 19.1. The van der Waals surface area contributed by atoms with Crippen LogP contribution in [-0.2, 0) is 4.74 Å². The van der Waals surface area contributed by atoms with Crippen molar-refractivity contribution in [2.24, 2.45) is 0 Å². The van der Waals surface area contributed by atoms with E-state index in [1.54, 1.807) is 30.0 Å². The van der Waals surface area contributed by atoms with Gasteiger partial charge in [-0.05, 0) is 45.0 Å². The van der Waals surface area contributed by atoms with Crippen LogP contribution >= 0.6 is 0 Å². The van der Waals surface area contributed by atoms with Crippen molar-refractivity contribution in [2.75, 3.05) is 38.6 Å². The van der Waals surface area contributed by atoms with E-state index in [4.69, 9.17) is 4.74 Å². The van der Waals surface area contributed by atoms with Crippen molar-refractivity contribution in [1.82, 2.24) is 34.3 Å². The molecule has 1 aliphatic heterocycles. The molecule has 4 heterocycles. The van der Waals surface area contributed by atoms with E-state index in [0.717, 1.165) is 6.20 Å². The van der Waals surface area contributed by atoms with Crippen LogP contribution in [0.4, 0.5) is 25.3 Å². The minimum atomic E-state index is -0.710. The second-order valence-electron chi connectivity index (χ2n) is 9.65. The van der Waals surface area contributed by atoms with Gasteiger partial charge in [-0.3, -0.25) is 4.79 Å². The molecule has 13 heteroatoms. The Bertz CT molecular complexity index is 1580. The number of nitrogens with one attached hydrogen (secondary N) is 1. The third-order valence-corrected chi connectivity index (χ3v) is 6.71. The van der Waals surface area contributed by atoms with Crippen LogP contribution in [0.15, 0.2) is 36.7 Å². The van der Waals surface area contributed by atoms with E-state index in [1.807, 2.05) is 18.4 Å². The molecule has 2 amide bonds. The fourth-order valence-electron chi connectivity index (χ4n) is 4.80. The number of pyridine rings is 1. The Balaban J connectivity index is 1.33. The molecular weight excluding hydrogens is 522 g/mol. The topological polar surface area (TPSA) is 118 Å². The highest BCUT2D eigenvalue weighted by Gasteiger charge is 2.25. The van der Waals surface area contributed by atoms with E-state index >= 15 is 0 Å². The third kappa shape index (κ3) is 5.14. The second-order valence-corrected chi connectivity index (χ2v) is 9.65. The number of imidazole rings is 1. The second kappa shape index (κ2) is 10.8. The van der Waals surface area contributed by atoms with Gasteiger partial charge in [0.1, 0.15) is 22.9 Å². The molecule has 1 N–H and O–H groups in total. The van der Waals surface area contributed by atoms with Gasteiger partial charge in [0, 0.05) is 44.0 Å². The highest BCUT2D eigenvalue weighted by Crippen LogP contribution is 2.30. The largest absolute Gasteiger partial charge is 0.453 e. The molecule has 11 nitrogen and oxygen atoms in total. The zero-order chi connectivity index (χ0) is 28.6. The van der Waals surface area contributed by atoms with Crippen molar-refractivity contribution in [3.63, 3.8) is 0 Å². The van der Waals surface area contributed by atoms with E-state index in [9.17, 15) is 18.4 Å². The first-order chi connectivity index (χ1) is 19.2. The van der Waals surface area contributed by atoms with Crippen molar-refractivity contribution in [1.29, 1.82) is 0 Å². The van der Waals surface area contributed by atoms with Gasteiger partial charge < -0.3 is 24.4 Å². The van der Waals surface area contributed by atoms with Crippen LogP contribution in [0.25, 0.3) is 22.3 Å². The van der Waals surface area contributed by atoms with Crippen molar-refractivity contribution in [3.05, 3.63) is 59.7 Å². The van der Waals surface area contributed by atoms with Crippen LogP contribution in [0.3, 0.4) is 0 Å². The zero-order valence-corrected chi connectivity index (χ0v) is 22.5. The van der Waals surface area contributed by atoms with Gasteiger partial charge in [0.05, 0.1) is 24.4 Å². The number of carbonyl (C=O) groups excluding carboxylic acids is 2. The van der Waals surface area contributed by atoms with E-state index in [0.29, 0.717) is 48.9 Å². The van der Waals surface area contributed by atoms with Crippen LogP contribution in [0.1, 0.15) is 36.1 Å². The summed E-state index contributed by atoms with van der Waals surface area (Å²) in [5.41, 5.74) is 1.30. The van der Waals surface area contributed by atoms with Crippen molar-refractivity contribution in [3.8, 4) is 11.3 Å². The summed E-state index contributed by atoms with van der Waals surface area (Å²) in [6, 6.07) is 6.08. The van der Waals surface area contributed by atoms with Crippen LogP contribution in [0, 0.1) is 18.6 Å². The Morgan fingerprint density at radius 1 is 0.975 bits per heavy atom. The summed E-state index contributed by atoms with van der Waals surface area (Å²) in [7, 11) is 1.32. The Kier molecular flexibility index (Phi) is 7.28. The van der Waals surface area contributed by atoms with E-state index < -0.39 is 17.7 Å². The summed E-state index contributed by atoms with van der Waals surface area (Å²) in [5, 5.41) is 2.90. The quantitative estimate of drug-likeness (QED) is 0.390. The maximum atomic E-state index is 15.0. The Morgan fingerprint density at radius 3 is 2.35 bits per heavy atom. The number of fused-ring (bicyclic) bond motifs is 1. The molecule has 0 saturated carbocycles. The Hall–Kier alpha value is -4.68. The molecule has 0 unspecified atom stereocenters. The zero-order valence-electron chi connectivity index (χ0n) is 22.5. The molecule has 1 aromatic carbocycles. The molecule has 0 bridgehead atoms. The number of aromatic nitrogens is 5. The number of carbonyl (C=O) groups is 2. The van der Waals surface area contributed by atoms with Crippen LogP contribution in [0.5, 0.6) is 0 Å². The number of anilines is 2. The Morgan fingerprint density at radius 2 is 1.70 bits per heavy atom. The molecule has 5 rings (SSSR count). The first kappa shape index (κ1) is 26.9. The van der Waals surface area contributed by atoms with E-state index in [-0.39, 0.29) is 34.7 Å². The van der Waals surface area contributed by atoms with Crippen LogP contribution < -0.4 is 5.32 Å². The number of methoxy groups -OCH3 is 1. The Labute approximate surface area is 228 Å². The lowest BCUT2D eigenvalue weighted by Gasteiger charge is -2.33. The van der Waals surface area contributed by atoms with Gasteiger partial charge in [-0.1, -0.05) is 0 Å². The van der Waals surface area contributed by atoms with E-state index in [2.05, 4.69) is 25.3 Å². The highest BCUT2D eigenvalue weighted by molar-refractivity contribution is 5.94. The number of piperazine rings is 1. The van der Waals surface area contributed by atoms with Crippen molar-refractivity contribution >= 4 is 34.8 Å². The number of aryl methyl sites for hydroxylation is 1. The van der Waals surface area contributed by atoms with Crippen LogP contribution in [-0.4, -0.2) is 79.6 Å². The summed E-state index contributed by atoms with van der Waals surface area (Å²) < 4.78 is 36.4. The lowest BCUT2D eigenvalue weighted by atomic mass is 10.1. The van der Waals surface area contributed by atoms with Gasteiger partial charge in [0.25, 0.3) is 5.91 Å². The lowest BCUT2D eigenvalue weighted by molar-refractivity contribution is 0.0599. The van der Waals surface area contributed by atoms with Gasteiger partial charge in [0.15, 0.2) is 11.6 Å². The SMILES string of the molecule is COC(=O)N1CCN(C(=O)c2ccc(Nc3ncc(F)c(-c4cc(F)c5nc(C)n(C(C)C)c5c4)n3)nc2)CC1. The summed E-state index contributed by atoms with van der Waals surface area (Å²) in [6.07, 6.45) is 2.00. The summed E-state index contributed by atoms with van der Waals surface area (Å²) in [4.78, 5) is 44.6. The standard InChI is InChI=1S/C27H28F2N8O3/c1-15(2)37-16(3)32-24-19(28)11-18(12-21(24)37)23-20(29)14-31-26(34-23)33-22-6-5-17(13-30-22)25(38)35-7-9-36(10-8-35)27(39)40-4/h5-6,11-15H,7-10H2,1-4H3,(H,30,31,33,34). The molecule has 3 aromatic heterocycles. The molecule has 1 saturated heterocycles. The van der Waals surface area contributed by atoms with Gasteiger partial charge in [-0.15, -0.1) is 0 Å². The van der Waals surface area contributed by atoms with E-state index in [1.165, 1.54) is 24.3 Å². The smallest absolute Gasteiger partial charge is 0.409 e. The lowest BCUT2D eigenvalue weighted by Crippen LogP contribution is -2.50. The monoisotopic (exact) mass is 550 g/mol. The molecule has 0 atom stereocenters. The van der Waals surface area contributed by atoms with Crippen molar-refractivity contribution in [2.45, 2.75) is 26.8 Å². The molecule has 0 aliphatic carbocycles. The number of nitrogens with zero attached hydrogens (tertiary/aromatic N) is 7. The minimum Gasteiger partial charge on any atom is -0.453 e. The summed E-state index contributed by atoms with van der Waals surface area (Å²) in [6.45, 7) is 7.24. The number of amides is 2. The van der Waals surface area contributed by atoms with Crippen molar-refractivity contribution < 1.29 is 23.1 Å². The molecule has 0 spiro atoms. The molecule has 208 valence electrons. The van der Waals surface area contributed by atoms with Gasteiger partial charge in [-0.25, -0.2) is 33.5 Å². The molecular formula is C27H28F2N8O3. The van der Waals surface area contributed by atoms with Crippen LogP contribution in [0.2, 0.25) is 0 Å². The number of halogens is 2. The third-order valence-electron chi connectivity index (χ3n) is 6.71. The fraction of sp³-hybridized carbons (Fsp3) is 0.333. The fourth-order valence-corrected chi connectivity index (χ4v) is 4.80. The normalized spacial score (nSPS) is 13.7. The predicted octanol–water partition coefficient (Wildman–Crippen LogP) is 4.32.